The van der Waals surface area contributed by atoms with Crippen molar-refractivity contribution in [2.75, 3.05) is 12.8 Å². The Morgan fingerprint density at radius 1 is 1.70 bits per heavy atom. The van der Waals surface area contributed by atoms with Crippen LogP contribution in [0.4, 0.5) is 5.69 Å². The molecule has 0 unspecified atom stereocenters. The lowest BCUT2D eigenvalue weighted by molar-refractivity contribution is 0.389. The molecule has 54 valence electrons. The monoisotopic (exact) mass is 203 g/mol. The Balaban J connectivity index is 3.14. The van der Waals surface area contributed by atoms with E-state index in [1.807, 2.05) is 0 Å². The third-order valence-electron chi connectivity index (χ3n) is 0.980. The highest BCUT2D eigenvalue weighted by Crippen LogP contribution is 2.25. The molecule has 4 nitrogen and oxygen atoms in total. The topological polar surface area (TPSA) is 61.0 Å². The summed E-state index contributed by atoms with van der Waals surface area (Å²) in [5, 5.41) is 7.24. The van der Waals surface area contributed by atoms with Crippen molar-refractivity contribution in [1.29, 1.82) is 0 Å². The molecular formula is C5H6BrN3O. The van der Waals surface area contributed by atoms with E-state index in [-0.39, 0.29) is 0 Å². The summed E-state index contributed by atoms with van der Waals surface area (Å²) >= 11 is 3.19. The SMILES string of the molecule is COc1nncc(N)c1Br. The summed E-state index contributed by atoms with van der Waals surface area (Å²) in [6.45, 7) is 0. The zero-order valence-corrected chi connectivity index (χ0v) is 6.92. The molecule has 0 radical (unpaired) electrons. The van der Waals surface area contributed by atoms with Gasteiger partial charge in [-0.15, -0.1) is 5.10 Å². The molecule has 5 heteroatoms. The lowest BCUT2D eigenvalue weighted by atomic mass is 10.5. The number of aromatic nitrogens is 2. The first-order valence-electron chi connectivity index (χ1n) is 2.56. The molecule has 0 aromatic carbocycles. The first-order chi connectivity index (χ1) is 4.75. The predicted octanol–water partition coefficient (Wildman–Crippen LogP) is 0.830. The van der Waals surface area contributed by atoms with Crippen molar-refractivity contribution in [2.24, 2.45) is 0 Å². The maximum absolute atomic E-state index is 5.47. The van der Waals surface area contributed by atoms with Gasteiger partial charge in [-0.2, -0.15) is 5.10 Å². The quantitative estimate of drug-likeness (QED) is 0.735. The number of hydrogen-bond donors (Lipinski definition) is 1. The highest BCUT2D eigenvalue weighted by atomic mass is 79.9. The number of halogens is 1. The molecule has 0 amide bonds. The Kier molecular flexibility index (Phi) is 2.06. The van der Waals surface area contributed by atoms with Crippen LogP contribution in [0.2, 0.25) is 0 Å². The van der Waals surface area contributed by atoms with Crippen molar-refractivity contribution in [2.45, 2.75) is 0 Å². The fourth-order valence-electron chi connectivity index (χ4n) is 0.498. The van der Waals surface area contributed by atoms with Crippen LogP contribution in [0.15, 0.2) is 10.7 Å². The fraction of sp³-hybridized carbons (Fsp3) is 0.200. The number of rotatable bonds is 1. The summed E-state index contributed by atoms with van der Waals surface area (Å²) in [7, 11) is 1.51. The van der Waals surface area contributed by atoms with Crippen LogP contribution in [0.3, 0.4) is 0 Å². The lowest BCUT2D eigenvalue weighted by Crippen LogP contribution is -1.95. The van der Waals surface area contributed by atoms with Gasteiger partial charge in [0.1, 0.15) is 4.47 Å². The van der Waals surface area contributed by atoms with Crippen molar-refractivity contribution in [1.82, 2.24) is 10.2 Å². The van der Waals surface area contributed by atoms with E-state index in [4.69, 9.17) is 10.5 Å². The van der Waals surface area contributed by atoms with Gasteiger partial charge in [0, 0.05) is 0 Å². The van der Waals surface area contributed by atoms with E-state index < -0.39 is 0 Å². The van der Waals surface area contributed by atoms with Crippen LogP contribution < -0.4 is 10.5 Å². The van der Waals surface area contributed by atoms with Crippen molar-refractivity contribution < 1.29 is 4.74 Å². The Labute approximate surface area is 66.5 Å². The molecule has 0 saturated carbocycles. The highest BCUT2D eigenvalue weighted by Gasteiger charge is 2.03. The predicted molar refractivity (Wildman–Crippen MR) is 40.7 cm³/mol. The molecule has 0 atom stereocenters. The summed E-state index contributed by atoms with van der Waals surface area (Å²) in [4.78, 5) is 0. The molecular weight excluding hydrogens is 198 g/mol. The summed E-state index contributed by atoms with van der Waals surface area (Å²) in [5.74, 6) is 0.403. The molecule has 10 heavy (non-hydrogen) atoms. The van der Waals surface area contributed by atoms with Gasteiger partial charge >= 0.3 is 0 Å². The fourth-order valence-corrected chi connectivity index (χ4v) is 0.842. The lowest BCUT2D eigenvalue weighted by Gasteiger charge is -2.00. The minimum atomic E-state index is 0.403. The Bertz CT molecular complexity index is 240. The maximum atomic E-state index is 5.47. The third-order valence-corrected chi connectivity index (χ3v) is 1.78. The molecule has 0 aliphatic carbocycles. The van der Waals surface area contributed by atoms with Crippen LogP contribution in [0, 0.1) is 0 Å². The molecule has 0 aliphatic rings. The van der Waals surface area contributed by atoms with Crippen LogP contribution >= 0.6 is 15.9 Å². The number of anilines is 1. The Hall–Kier alpha value is -0.840. The van der Waals surface area contributed by atoms with Gasteiger partial charge in [0.2, 0.25) is 5.88 Å². The summed E-state index contributed by atoms with van der Waals surface area (Å²) in [6.07, 6.45) is 1.45. The second-order valence-corrected chi connectivity index (χ2v) is 2.42. The third kappa shape index (κ3) is 1.18. The van der Waals surface area contributed by atoms with Gasteiger partial charge < -0.3 is 10.5 Å². The minimum Gasteiger partial charge on any atom is -0.479 e. The van der Waals surface area contributed by atoms with E-state index in [2.05, 4.69) is 26.1 Å². The number of nitrogens with zero attached hydrogens (tertiary/aromatic N) is 2. The number of nitrogens with two attached hydrogens (primary N) is 1. The molecule has 0 saturated heterocycles. The smallest absolute Gasteiger partial charge is 0.249 e. The van der Waals surface area contributed by atoms with Crippen molar-refractivity contribution in [3.63, 3.8) is 0 Å². The first kappa shape index (κ1) is 7.27. The molecule has 1 heterocycles. The largest absolute Gasteiger partial charge is 0.479 e. The molecule has 1 aromatic heterocycles. The van der Waals surface area contributed by atoms with Gasteiger partial charge in [-0.25, -0.2) is 0 Å². The van der Waals surface area contributed by atoms with Crippen molar-refractivity contribution >= 4 is 21.6 Å². The average Bonchev–Trinajstić information content (AvgIpc) is 1.95. The zero-order chi connectivity index (χ0) is 7.56. The second-order valence-electron chi connectivity index (χ2n) is 1.62. The molecule has 0 bridgehead atoms. The van der Waals surface area contributed by atoms with Gasteiger partial charge in [-0.1, -0.05) is 0 Å². The van der Waals surface area contributed by atoms with E-state index >= 15 is 0 Å². The van der Waals surface area contributed by atoms with Gasteiger partial charge in [-0.3, -0.25) is 0 Å². The van der Waals surface area contributed by atoms with Gasteiger partial charge in [0.15, 0.2) is 0 Å². The van der Waals surface area contributed by atoms with Crippen molar-refractivity contribution in [3.8, 4) is 5.88 Å². The van der Waals surface area contributed by atoms with E-state index in [9.17, 15) is 0 Å². The normalized spacial score (nSPS) is 9.40. The van der Waals surface area contributed by atoms with E-state index in [0.29, 0.717) is 16.0 Å². The number of ether oxygens (including phenoxy) is 1. The first-order valence-corrected chi connectivity index (χ1v) is 3.35. The average molecular weight is 204 g/mol. The molecule has 0 spiro atoms. The van der Waals surface area contributed by atoms with Crippen LogP contribution in [0.5, 0.6) is 5.88 Å². The van der Waals surface area contributed by atoms with Gasteiger partial charge in [-0.05, 0) is 15.9 Å². The zero-order valence-electron chi connectivity index (χ0n) is 5.34. The minimum absolute atomic E-state index is 0.403. The molecule has 1 aromatic rings. The number of hydrogen-bond acceptors (Lipinski definition) is 4. The van der Waals surface area contributed by atoms with Crippen LogP contribution in [-0.4, -0.2) is 17.3 Å². The molecule has 1 rings (SSSR count). The summed E-state index contributed by atoms with van der Waals surface area (Å²) in [5.41, 5.74) is 5.99. The molecule has 2 N–H and O–H groups in total. The number of methoxy groups -OCH3 is 1. The van der Waals surface area contributed by atoms with E-state index in [0.717, 1.165) is 0 Å². The number of nitrogen functional groups attached to an aromatic ring is 1. The Morgan fingerprint density at radius 2 is 2.40 bits per heavy atom. The summed E-state index contributed by atoms with van der Waals surface area (Å²) < 4.78 is 5.47. The van der Waals surface area contributed by atoms with Crippen LogP contribution in [-0.2, 0) is 0 Å². The van der Waals surface area contributed by atoms with Crippen LogP contribution in [0.25, 0.3) is 0 Å². The van der Waals surface area contributed by atoms with Gasteiger partial charge in [0.25, 0.3) is 0 Å². The van der Waals surface area contributed by atoms with Crippen LogP contribution in [0.1, 0.15) is 0 Å². The molecule has 0 fully saturated rings. The highest BCUT2D eigenvalue weighted by molar-refractivity contribution is 9.10. The summed E-state index contributed by atoms with van der Waals surface area (Å²) in [6, 6.07) is 0. The van der Waals surface area contributed by atoms with Gasteiger partial charge in [0.05, 0.1) is 19.0 Å². The molecule has 0 aliphatic heterocycles. The second kappa shape index (κ2) is 2.83. The standard InChI is InChI=1S/C5H6BrN3O/c1-10-5-4(6)3(7)2-8-9-5/h2H,1H3,(H2,7,9). The maximum Gasteiger partial charge on any atom is 0.249 e. The van der Waals surface area contributed by atoms with E-state index in [1.165, 1.54) is 13.3 Å². The Morgan fingerprint density at radius 3 is 2.90 bits per heavy atom. The van der Waals surface area contributed by atoms with Crippen molar-refractivity contribution in [3.05, 3.63) is 10.7 Å². The van der Waals surface area contributed by atoms with E-state index in [1.54, 1.807) is 0 Å².